The van der Waals surface area contributed by atoms with E-state index in [1.165, 1.54) is 5.56 Å². The molecule has 7 heteroatoms. The second kappa shape index (κ2) is 9.43. The summed E-state index contributed by atoms with van der Waals surface area (Å²) in [5, 5.41) is 0. The van der Waals surface area contributed by atoms with E-state index in [4.69, 9.17) is 4.74 Å². The first-order valence-corrected chi connectivity index (χ1v) is 11.7. The van der Waals surface area contributed by atoms with Crippen LogP contribution in [0.2, 0.25) is 0 Å². The SMILES string of the molecule is CC1CN(CC2CCN(C(=O)C3CC(c4ccc(Br)cc4)NN3)CC2)CC(C)O1. The molecule has 0 radical (unpaired) electrons. The van der Waals surface area contributed by atoms with Crippen molar-refractivity contribution < 1.29 is 9.53 Å². The van der Waals surface area contributed by atoms with E-state index in [1.807, 2.05) is 12.1 Å². The van der Waals surface area contributed by atoms with E-state index < -0.39 is 0 Å². The third kappa shape index (κ3) is 5.39. The smallest absolute Gasteiger partial charge is 0.241 e. The van der Waals surface area contributed by atoms with E-state index in [0.717, 1.165) is 56.5 Å². The Morgan fingerprint density at radius 3 is 2.41 bits per heavy atom. The summed E-state index contributed by atoms with van der Waals surface area (Å²) in [4.78, 5) is 17.6. The molecule has 2 N–H and O–H groups in total. The fourth-order valence-electron chi connectivity index (χ4n) is 4.99. The van der Waals surface area contributed by atoms with Gasteiger partial charge in [0.05, 0.1) is 12.2 Å². The average Bonchev–Trinajstić information content (AvgIpc) is 3.18. The lowest BCUT2D eigenvalue weighted by Gasteiger charge is -2.39. The van der Waals surface area contributed by atoms with Gasteiger partial charge in [-0.1, -0.05) is 28.1 Å². The summed E-state index contributed by atoms with van der Waals surface area (Å²) in [6.45, 7) is 9.26. The lowest BCUT2D eigenvalue weighted by molar-refractivity contribution is -0.134. The number of rotatable bonds is 4. The largest absolute Gasteiger partial charge is 0.373 e. The predicted molar refractivity (Wildman–Crippen MR) is 117 cm³/mol. The zero-order chi connectivity index (χ0) is 20.4. The number of benzene rings is 1. The third-order valence-corrected chi connectivity index (χ3v) is 6.94. The summed E-state index contributed by atoms with van der Waals surface area (Å²) in [5.74, 6) is 0.922. The maximum absolute atomic E-state index is 13.0. The molecule has 3 fully saturated rings. The molecule has 0 aromatic heterocycles. The van der Waals surface area contributed by atoms with Crippen LogP contribution in [0.3, 0.4) is 0 Å². The van der Waals surface area contributed by atoms with Crippen LogP contribution >= 0.6 is 15.9 Å². The van der Waals surface area contributed by atoms with Crippen molar-refractivity contribution >= 4 is 21.8 Å². The molecular formula is C22H33BrN4O2. The number of ether oxygens (including phenoxy) is 1. The molecule has 1 aromatic rings. The van der Waals surface area contributed by atoms with Crippen LogP contribution in [0.1, 0.15) is 44.7 Å². The van der Waals surface area contributed by atoms with E-state index in [2.05, 4.69) is 62.6 Å². The zero-order valence-corrected chi connectivity index (χ0v) is 19.0. The summed E-state index contributed by atoms with van der Waals surface area (Å²) >= 11 is 3.48. The molecule has 29 heavy (non-hydrogen) atoms. The van der Waals surface area contributed by atoms with Gasteiger partial charge in [0.1, 0.15) is 6.04 Å². The number of hydrogen-bond donors (Lipinski definition) is 2. The highest BCUT2D eigenvalue weighted by atomic mass is 79.9. The molecule has 0 spiro atoms. The minimum Gasteiger partial charge on any atom is -0.373 e. The average molecular weight is 465 g/mol. The Balaban J connectivity index is 1.23. The fourth-order valence-corrected chi connectivity index (χ4v) is 5.25. The lowest BCUT2D eigenvalue weighted by Crippen LogP contribution is -2.51. The maximum Gasteiger partial charge on any atom is 0.241 e. The van der Waals surface area contributed by atoms with Gasteiger partial charge < -0.3 is 9.64 Å². The number of likely N-dealkylation sites (tertiary alicyclic amines) is 1. The van der Waals surface area contributed by atoms with Crippen LogP contribution < -0.4 is 10.9 Å². The van der Waals surface area contributed by atoms with Crippen molar-refractivity contribution in [3.63, 3.8) is 0 Å². The van der Waals surface area contributed by atoms with Gasteiger partial charge in [-0.3, -0.25) is 9.69 Å². The molecule has 4 atom stereocenters. The fraction of sp³-hybridized carbons (Fsp3) is 0.682. The molecule has 6 nitrogen and oxygen atoms in total. The van der Waals surface area contributed by atoms with Crippen LogP contribution in [0.5, 0.6) is 0 Å². The second-order valence-corrected chi connectivity index (χ2v) is 9.84. The van der Waals surface area contributed by atoms with Gasteiger partial charge in [-0.15, -0.1) is 0 Å². The normalized spacial score (nSPS) is 31.9. The molecule has 3 aliphatic heterocycles. The molecular weight excluding hydrogens is 432 g/mol. The van der Waals surface area contributed by atoms with E-state index in [1.54, 1.807) is 0 Å². The Bertz CT molecular complexity index is 683. The Kier molecular flexibility index (Phi) is 6.91. The second-order valence-electron chi connectivity index (χ2n) is 8.93. The highest BCUT2D eigenvalue weighted by Crippen LogP contribution is 2.26. The van der Waals surface area contributed by atoms with Crippen LogP contribution in [-0.4, -0.2) is 66.7 Å². The van der Waals surface area contributed by atoms with Gasteiger partial charge in [-0.25, -0.2) is 10.9 Å². The van der Waals surface area contributed by atoms with Gasteiger partial charge in [0, 0.05) is 43.2 Å². The minimum atomic E-state index is -0.138. The highest BCUT2D eigenvalue weighted by Gasteiger charge is 2.35. The Morgan fingerprint density at radius 1 is 1.10 bits per heavy atom. The van der Waals surface area contributed by atoms with Crippen molar-refractivity contribution in [2.24, 2.45) is 5.92 Å². The van der Waals surface area contributed by atoms with Crippen molar-refractivity contribution in [1.82, 2.24) is 20.7 Å². The third-order valence-electron chi connectivity index (χ3n) is 6.41. The van der Waals surface area contributed by atoms with E-state index in [0.29, 0.717) is 18.1 Å². The summed E-state index contributed by atoms with van der Waals surface area (Å²) in [6, 6.07) is 8.35. The monoisotopic (exact) mass is 464 g/mol. The first-order valence-electron chi connectivity index (χ1n) is 10.9. The number of hydrazine groups is 1. The standard InChI is InChI=1S/C22H33BrN4O2/c1-15-12-26(13-16(2)29-15)14-17-7-9-27(10-8-17)22(28)21-11-20(24-25-21)18-3-5-19(23)6-4-18/h3-6,15-17,20-21,24-25H,7-14H2,1-2H3. The quantitative estimate of drug-likeness (QED) is 0.717. The van der Waals surface area contributed by atoms with Crippen LogP contribution in [-0.2, 0) is 9.53 Å². The van der Waals surface area contributed by atoms with Gasteiger partial charge in [-0.05, 0) is 56.7 Å². The first kappa shape index (κ1) is 21.2. The molecule has 3 aliphatic rings. The van der Waals surface area contributed by atoms with Crippen LogP contribution in [0.25, 0.3) is 0 Å². The summed E-state index contributed by atoms with van der Waals surface area (Å²) in [6.07, 6.45) is 3.63. The van der Waals surface area contributed by atoms with Gasteiger partial charge in [0.15, 0.2) is 0 Å². The van der Waals surface area contributed by atoms with Gasteiger partial charge in [0.2, 0.25) is 5.91 Å². The summed E-state index contributed by atoms with van der Waals surface area (Å²) in [7, 11) is 0. The van der Waals surface area contributed by atoms with Crippen molar-refractivity contribution in [2.75, 3.05) is 32.7 Å². The number of nitrogens with one attached hydrogen (secondary N) is 2. The molecule has 0 bridgehead atoms. The Morgan fingerprint density at radius 2 is 1.76 bits per heavy atom. The van der Waals surface area contributed by atoms with Gasteiger partial charge in [0.25, 0.3) is 0 Å². The van der Waals surface area contributed by atoms with E-state index in [-0.39, 0.29) is 18.0 Å². The zero-order valence-electron chi connectivity index (χ0n) is 17.4. The number of carbonyl (C=O) groups excluding carboxylic acids is 1. The number of carbonyl (C=O) groups is 1. The number of piperidine rings is 1. The number of morpholine rings is 1. The Labute approximate surface area is 182 Å². The highest BCUT2D eigenvalue weighted by molar-refractivity contribution is 9.10. The van der Waals surface area contributed by atoms with Crippen LogP contribution in [0.15, 0.2) is 28.7 Å². The Hall–Kier alpha value is -0.990. The predicted octanol–water partition coefficient (Wildman–Crippen LogP) is 2.70. The molecule has 0 aliphatic carbocycles. The molecule has 1 aromatic carbocycles. The maximum atomic E-state index is 13.0. The van der Waals surface area contributed by atoms with Crippen LogP contribution in [0, 0.1) is 5.92 Å². The molecule has 3 heterocycles. The number of halogens is 1. The summed E-state index contributed by atoms with van der Waals surface area (Å²) < 4.78 is 6.92. The van der Waals surface area contributed by atoms with Gasteiger partial charge in [-0.2, -0.15) is 0 Å². The molecule has 3 saturated heterocycles. The number of nitrogens with zero attached hydrogens (tertiary/aromatic N) is 2. The molecule has 160 valence electrons. The topological polar surface area (TPSA) is 56.8 Å². The van der Waals surface area contributed by atoms with Crippen molar-refractivity contribution in [3.8, 4) is 0 Å². The van der Waals surface area contributed by atoms with Gasteiger partial charge >= 0.3 is 0 Å². The number of amides is 1. The van der Waals surface area contributed by atoms with E-state index >= 15 is 0 Å². The lowest BCUT2D eigenvalue weighted by atomic mass is 9.94. The number of hydrogen-bond acceptors (Lipinski definition) is 5. The van der Waals surface area contributed by atoms with Crippen molar-refractivity contribution in [1.29, 1.82) is 0 Å². The minimum absolute atomic E-state index is 0.138. The van der Waals surface area contributed by atoms with Crippen molar-refractivity contribution in [2.45, 2.75) is 57.4 Å². The molecule has 4 unspecified atom stereocenters. The molecule has 1 amide bonds. The first-order chi connectivity index (χ1) is 14.0. The van der Waals surface area contributed by atoms with E-state index in [9.17, 15) is 4.79 Å². The molecule has 0 saturated carbocycles. The van der Waals surface area contributed by atoms with Crippen molar-refractivity contribution in [3.05, 3.63) is 34.3 Å². The summed E-state index contributed by atoms with van der Waals surface area (Å²) in [5.41, 5.74) is 7.74. The molecule has 4 rings (SSSR count). The van der Waals surface area contributed by atoms with Crippen LogP contribution in [0.4, 0.5) is 0 Å².